The van der Waals surface area contributed by atoms with Gasteiger partial charge < -0.3 is 0 Å². The summed E-state index contributed by atoms with van der Waals surface area (Å²) in [5, 5.41) is 0. The van der Waals surface area contributed by atoms with Gasteiger partial charge in [-0.2, -0.15) is 0 Å². The maximum absolute atomic E-state index is 5.44. The number of hydrogen-bond donors (Lipinski definition) is 0. The van der Waals surface area contributed by atoms with Crippen molar-refractivity contribution in [1.29, 1.82) is 0 Å². The summed E-state index contributed by atoms with van der Waals surface area (Å²) in [6.07, 6.45) is 0. The maximum Gasteiger partial charge on any atom is 0.164 e. The van der Waals surface area contributed by atoms with E-state index < -0.39 is 0 Å². The van der Waals surface area contributed by atoms with Gasteiger partial charge in [-0.1, -0.05) is 206 Å². The van der Waals surface area contributed by atoms with Gasteiger partial charge in [0, 0.05) is 16.7 Å². The SMILES string of the molecule is c1ccc(-c2cc(-c3ccccc3)cc(-c3nc(-c4cc(-c5ccccc5)cc(-c5ccccc5)c4)nc(-c4ccc5c(c4)-c4ccccc4-c4ccccc4-c4ccccc4-5)n3)c2)cc1. The number of nitrogens with zero attached hydrogens (tertiary/aromatic N) is 3. The average molecular weight is 840 g/mol. The number of benzene rings is 10. The highest BCUT2D eigenvalue weighted by Crippen LogP contribution is 2.48. The molecule has 0 N–H and O–H groups in total. The summed E-state index contributed by atoms with van der Waals surface area (Å²) in [6, 6.07) is 88.5. The zero-order valence-electron chi connectivity index (χ0n) is 36.0. The van der Waals surface area contributed by atoms with E-state index in [2.05, 4.69) is 249 Å². The first kappa shape index (κ1) is 38.9. The van der Waals surface area contributed by atoms with Gasteiger partial charge in [-0.05, 0) is 131 Å². The molecule has 0 saturated carbocycles. The van der Waals surface area contributed by atoms with Gasteiger partial charge in [0.15, 0.2) is 17.5 Å². The second-order valence-electron chi connectivity index (χ2n) is 16.8. The molecule has 0 spiro atoms. The molecule has 0 fully saturated rings. The quantitative estimate of drug-likeness (QED) is 0.160. The van der Waals surface area contributed by atoms with E-state index >= 15 is 0 Å². The lowest BCUT2D eigenvalue weighted by atomic mass is 9.80. The van der Waals surface area contributed by atoms with Crippen LogP contribution in [0.4, 0.5) is 0 Å². The van der Waals surface area contributed by atoms with E-state index in [-0.39, 0.29) is 0 Å². The van der Waals surface area contributed by atoms with Crippen molar-refractivity contribution < 1.29 is 0 Å². The van der Waals surface area contributed by atoms with E-state index in [1.807, 2.05) is 0 Å². The Bertz CT molecular complexity index is 3300. The summed E-state index contributed by atoms with van der Waals surface area (Å²) in [5.41, 5.74) is 21.0. The van der Waals surface area contributed by atoms with Gasteiger partial charge in [0.25, 0.3) is 0 Å². The number of fused-ring (bicyclic) bond motifs is 8. The van der Waals surface area contributed by atoms with Crippen LogP contribution in [0.1, 0.15) is 0 Å². The van der Waals surface area contributed by atoms with Crippen molar-refractivity contribution in [1.82, 2.24) is 15.0 Å². The van der Waals surface area contributed by atoms with Crippen LogP contribution in [0.15, 0.2) is 249 Å². The summed E-state index contributed by atoms with van der Waals surface area (Å²) in [4.78, 5) is 16.3. The second kappa shape index (κ2) is 16.7. The summed E-state index contributed by atoms with van der Waals surface area (Å²) >= 11 is 0. The maximum atomic E-state index is 5.44. The lowest BCUT2D eigenvalue weighted by molar-refractivity contribution is 1.07. The molecule has 0 saturated heterocycles. The molecule has 66 heavy (non-hydrogen) atoms. The molecule has 0 amide bonds. The number of hydrogen-bond acceptors (Lipinski definition) is 3. The van der Waals surface area contributed by atoms with Crippen LogP contribution in [-0.4, -0.2) is 15.0 Å². The van der Waals surface area contributed by atoms with Gasteiger partial charge >= 0.3 is 0 Å². The molecular weight excluding hydrogens is 799 g/mol. The monoisotopic (exact) mass is 839 g/mol. The van der Waals surface area contributed by atoms with Crippen LogP contribution in [0.25, 0.3) is 123 Å². The molecule has 0 unspecified atom stereocenters. The van der Waals surface area contributed by atoms with Crippen LogP contribution >= 0.6 is 0 Å². The average Bonchev–Trinajstić information content (AvgIpc) is 3.41. The highest BCUT2D eigenvalue weighted by Gasteiger charge is 2.23. The first-order chi connectivity index (χ1) is 32.7. The predicted octanol–water partition coefficient (Wildman–Crippen LogP) is 16.5. The second-order valence-corrected chi connectivity index (χ2v) is 16.8. The molecule has 0 aliphatic heterocycles. The lowest BCUT2D eigenvalue weighted by Crippen LogP contribution is -2.02. The third-order valence-electron chi connectivity index (χ3n) is 12.7. The minimum Gasteiger partial charge on any atom is -0.208 e. The van der Waals surface area contributed by atoms with E-state index in [9.17, 15) is 0 Å². The molecule has 308 valence electrons. The Labute approximate surface area is 385 Å². The first-order valence-corrected chi connectivity index (χ1v) is 22.4. The Morgan fingerprint density at radius 2 is 0.394 bits per heavy atom. The fraction of sp³-hybridized carbons (Fsp3) is 0. The minimum atomic E-state index is 0.600. The standard InChI is InChI=1S/C63H41N3/c1-5-19-42(20-6-1)47-35-48(43-21-7-2-8-22-43)38-51(37-47)62-64-61(65-63(66-62)52-39-49(44-23-9-3-10-24-44)36-50(40-52)45-25-11-4-12-26-45)46-33-34-59-57-31-16-15-29-55(57)53-27-13-14-28-54(53)56-30-17-18-32-58(56)60(59)41-46/h1-41H. The Kier molecular flexibility index (Phi) is 9.85. The van der Waals surface area contributed by atoms with Gasteiger partial charge in [-0.25, -0.2) is 15.0 Å². The van der Waals surface area contributed by atoms with E-state index in [0.717, 1.165) is 77.9 Å². The zero-order chi connectivity index (χ0) is 43.8. The summed E-state index contributed by atoms with van der Waals surface area (Å²) in [7, 11) is 0. The van der Waals surface area contributed by atoms with Crippen molar-refractivity contribution in [3.8, 4) is 123 Å². The van der Waals surface area contributed by atoms with Gasteiger partial charge in [0.1, 0.15) is 0 Å². The van der Waals surface area contributed by atoms with E-state index in [0.29, 0.717) is 17.5 Å². The Balaban J connectivity index is 1.12. The Hall–Kier alpha value is -8.79. The van der Waals surface area contributed by atoms with Gasteiger partial charge in [-0.3, -0.25) is 0 Å². The van der Waals surface area contributed by atoms with Crippen LogP contribution in [0.2, 0.25) is 0 Å². The highest BCUT2D eigenvalue weighted by atomic mass is 15.0. The fourth-order valence-electron chi connectivity index (χ4n) is 9.47. The van der Waals surface area contributed by atoms with Crippen molar-refractivity contribution in [3.05, 3.63) is 249 Å². The fourth-order valence-corrected chi connectivity index (χ4v) is 9.47. The van der Waals surface area contributed by atoms with Crippen molar-refractivity contribution >= 4 is 0 Å². The van der Waals surface area contributed by atoms with Crippen molar-refractivity contribution in [2.75, 3.05) is 0 Å². The topological polar surface area (TPSA) is 38.7 Å². The zero-order valence-corrected chi connectivity index (χ0v) is 36.0. The molecule has 3 heteroatoms. The Morgan fingerprint density at radius 1 is 0.152 bits per heavy atom. The third-order valence-corrected chi connectivity index (χ3v) is 12.7. The van der Waals surface area contributed by atoms with Crippen LogP contribution in [-0.2, 0) is 0 Å². The van der Waals surface area contributed by atoms with E-state index in [4.69, 9.17) is 15.0 Å². The molecule has 0 bridgehead atoms. The van der Waals surface area contributed by atoms with Crippen molar-refractivity contribution in [2.24, 2.45) is 0 Å². The molecule has 11 aromatic rings. The molecule has 1 aliphatic rings. The summed E-state index contributed by atoms with van der Waals surface area (Å²) in [6.45, 7) is 0. The van der Waals surface area contributed by atoms with Gasteiger partial charge in [-0.15, -0.1) is 0 Å². The summed E-state index contributed by atoms with van der Waals surface area (Å²) in [5.74, 6) is 1.80. The predicted molar refractivity (Wildman–Crippen MR) is 273 cm³/mol. The lowest BCUT2D eigenvalue weighted by Gasteiger charge is -2.23. The molecule has 10 aromatic carbocycles. The van der Waals surface area contributed by atoms with E-state index in [1.165, 1.54) is 27.8 Å². The molecule has 3 nitrogen and oxygen atoms in total. The molecular formula is C63H41N3. The normalized spacial score (nSPS) is 11.3. The largest absolute Gasteiger partial charge is 0.208 e. The van der Waals surface area contributed by atoms with Gasteiger partial charge in [0.05, 0.1) is 0 Å². The van der Waals surface area contributed by atoms with E-state index in [1.54, 1.807) is 0 Å². The smallest absolute Gasteiger partial charge is 0.164 e. The molecule has 0 radical (unpaired) electrons. The Morgan fingerprint density at radius 3 is 0.712 bits per heavy atom. The first-order valence-electron chi connectivity index (χ1n) is 22.4. The molecule has 12 rings (SSSR count). The molecule has 0 atom stereocenters. The van der Waals surface area contributed by atoms with Crippen LogP contribution in [0.5, 0.6) is 0 Å². The molecule has 1 aromatic heterocycles. The molecule has 1 heterocycles. The third kappa shape index (κ3) is 7.29. The van der Waals surface area contributed by atoms with Crippen molar-refractivity contribution in [3.63, 3.8) is 0 Å². The summed E-state index contributed by atoms with van der Waals surface area (Å²) < 4.78 is 0. The van der Waals surface area contributed by atoms with Gasteiger partial charge in [0.2, 0.25) is 0 Å². The van der Waals surface area contributed by atoms with Crippen LogP contribution < -0.4 is 0 Å². The number of aromatic nitrogens is 3. The van der Waals surface area contributed by atoms with Crippen LogP contribution in [0, 0.1) is 0 Å². The van der Waals surface area contributed by atoms with Crippen molar-refractivity contribution in [2.45, 2.75) is 0 Å². The van der Waals surface area contributed by atoms with Crippen LogP contribution in [0.3, 0.4) is 0 Å². The molecule has 1 aliphatic carbocycles. The highest BCUT2D eigenvalue weighted by molar-refractivity contribution is 6.03. The minimum absolute atomic E-state index is 0.600. The number of rotatable bonds is 7.